The number of anilines is 1. The van der Waals surface area contributed by atoms with Crippen LogP contribution in [-0.2, 0) is 0 Å². The van der Waals surface area contributed by atoms with Gasteiger partial charge in [-0.25, -0.2) is 0 Å². The predicted molar refractivity (Wildman–Crippen MR) is 59.9 cm³/mol. The monoisotopic (exact) mass is 192 g/mol. The third-order valence-corrected chi connectivity index (χ3v) is 2.25. The molecule has 1 aromatic rings. The second-order valence-corrected chi connectivity index (χ2v) is 3.10. The molecule has 0 saturated heterocycles. The van der Waals surface area contributed by atoms with Gasteiger partial charge in [0.15, 0.2) is 5.11 Å². The summed E-state index contributed by atoms with van der Waals surface area (Å²) in [4.78, 5) is 1.87. The Morgan fingerprint density at radius 1 is 1.54 bits per heavy atom. The fourth-order valence-corrected chi connectivity index (χ4v) is 1.12. The summed E-state index contributed by atoms with van der Waals surface area (Å²) >= 11 is 5.08. The quantitative estimate of drug-likeness (QED) is 0.682. The molecule has 0 fully saturated rings. The Morgan fingerprint density at radius 3 is 2.77 bits per heavy atom. The minimum Gasteiger partial charge on any atom is -0.365 e. The average molecular weight is 192 g/mol. The summed E-state index contributed by atoms with van der Waals surface area (Å²) in [7, 11) is 3.69. The summed E-state index contributed by atoms with van der Waals surface area (Å²) in [5, 5.41) is 3.57. The lowest BCUT2D eigenvalue weighted by atomic mass is 10.2. The van der Waals surface area contributed by atoms with Crippen molar-refractivity contribution in [2.45, 2.75) is 0 Å². The molecule has 0 spiro atoms. The Kier molecular flexibility index (Phi) is 3.25. The van der Waals surface area contributed by atoms with Crippen LogP contribution in [0.1, 0.15) is 5.56 Å². The van der Waals surface area contributed by atoms with Crippen LogP contribution in [0.5, 0.6) is 0 Å². The molecule has 1 rings (SSSR count). The molecule has 0 aromatic heterocycles. The van der Waals surface area contributed by atoms with Gasteiger partial charge in [-0.15, -0.1) is 0 Å². The smallest absolute Gasteiger partial charge is 0.172 e. The van der Waals surface area contributed by atoms with E-state index in [1.54, 1.807) is 7.05 Å². The van der Waals surface area contributed by atoms with Gasteiger partial charge in [0.1, 0.15) is 0 Å². The summed E-state index contributed by atoms with van der Waals surface area (Å²) in [6.07, 6.45) is 0. The van der Waals surface area contributed by atoms with E-state index >= 15 is 0 Å². The maximum atomic E-state index is 5.65. The lowest BCUT2D eigenvalue weighted by Crippen LogP contribution is -2.34. The van der Waals surface area contributed by atoms with Crippen LogP contribution in [0.15, 0.2) is 24.3 Å². The predicted octanol–water partition coefficient (Wildman–Crippen LogP) is 1.69. The summed E-state index contributed by atoms with van der Waals surface area (Å²) in [6, 6.07) is 7.59. The number of thiocarbonyl (C=S) groups is 1. The minimum atomic E-state index is 0.672. The highest BCUT2D eigenvalue weighted by Crippen LogP contribution is 2.13. The van der Waals surface area contributed by atoms with Crippen molar-refractivity contribution in [2.75, 3.05) is 19.0 Å². The molecule has 2 nitrogen and oxygen atoms in total. The van der Waals surface area contributed by atoms with Gasteiger partial charge in [-0.3, -0.25) is 0 Å². The van der Waals surface area contributed by atoms with E-state index in [-0.39, 0.29) is 0 Å². The molecule has 2 radical (unpaired) electrons. The molecular weight excluding hydrogens is 180 g/mol. The van der Waals surface area contributed by atoms with Gasteiger partial charge in [-0.2, -0.15) is 0 Å². The number of hydrogen-bond acceptors (Lipinski definition) is 1. The normalized spacial score (nSPS) is 9.46. The van der Waals surface area contributed by atoms with Crippen molar-refractivity contribution in [1.82, 2.24) is 5.32 Å². The van der Waals surface area contributed by atoms with Gasteiger partial charge in [0.2, 0.25) is 0 Å². The number of nitrogens with one attached hydrogen (secondary N) is 1. The SMILES string of the molecule is [CH]c1cccc(N(C)C(=S)NC)c1. The van der Waals surface area contributed by atoms with Crippen LogP contribution in [0.25, 0.3) is 0 Å². The van der Waals surface area contributed by atoms with Crippen molar-refractivity contribution in [3.63, 3.8) is 0 Å². The zero-order valence-electron chi connectivity index (χ0n) is 7.74. The van der Waals surface area contributed by atoms with Crippen LogP contribution in [-0.4, -0.2) is 19.2 Å². The Bertz CT molecular complexity index is 310. The van der Waals surface area contributed by atoms with E-state index in [0.29, 0.717) is 5.11 Å². The molecule has 1 aromatic carbocycles. The zero-order valence-corrected chi connectivity index (χ0v) is 8.56. The third-order valence-electron chi connectivity index (χ3n) is 1.78. The van der Waals surface area contributed by atoms with Gasteiger partial charge < -0.3 is 10.2 Å². The molecule has 68 valence electrons. The van der Waals surface area contributed by atoms with Gasteiger partial charge >= 0.3 is 0 Å². The van der Waals surface area contributed by atoms with E-state index in [9.17, 15) is 0 Å². The molecule has 0 saturated carbocycles. The van der Waals surface area contributed by atoms with Crippen LogP contribution in [0.2, 0.25) is 0 Å². The van der Waals surface area contributed by atoms with E-state index in [0.717, 1.165) is 11.3 Å². The van der Waals surface area contributed by atoms with Crippen molar-refractivity contribution >= 4 is 23.0 Å². The van der Waals surface area contributed by atoms with E-state index < -0.39 is 0 Å². The van der Waals surface area contributed by atoms with Gasteiger partial charge in [0, 0.05) is 19.8 Å². The molecule has 13 heavy (non-hydrogen) atoms. The first-order valence-corrected chi connectivity index (χ1v) is 4.37. The molecule has 0 unspecified atom stereocenters. The maximum absolute atomic E-state index is 5.65. The topological polar surface area (TPSA) is 15.3 Å². The highest BCUT2D eigenvalue weighted by molar-refractivity contribution is 7.80. The molecule has 0 aliphatic carbocycles. The van der Waals surface area contributed by atoms with E-state index in [1.807, 2.05) is 36.2 Å². The third kappa shape index (κ3) is 2.42. The Labute approximate surface area is 84.6 Å². The van der Waals surface area contributed by atoms with Crippen LogP contribution in [0, 0.1) is 6.92 Å². The summed E-state index contributed by atoms with van der Waals surface area (Å²) < 4.78 is 0. The van der Waals surface area contributed by atoms with Crippen LogP contribution < -0.4 is 10.2 Å². The highest BCUT2D eigenvalue weighted by Gasteiger charge is 2.03. The van der Waals surface area contributed by atoms with Crippen LogP contribution in [0.3, 0.4) is 0 Å². The first-order chi connectivity index (χ1) is 6.15. The van der Waals surface area contributed by atoms with E-state index in [4.69, 9.17) is 19.1 Å². The van der Waals surface area contributed by atoms with Crippen molar-refractivity contribution < 1.29 is 0 Å². The molecule has 0 aliphatic heterocycles. The molecule has 1 N–H and O–H groups in total. The fourth-order valence-electron chi connectivity index (χ4n) is 1.02. The number of nitrogens with zero attached hydrogens (tertiary/aromatic N) is 1. The molecular formula is C10H12N2S. The summed E-state index contributed by atoms with van der Waals surface area (Å²) in [5.74, 6) is 0. The first-order valence-electron chi connectivity index (χ1n) is 3.96. The highest BCUT2D eigenvalue weighted by atomic mass is 32.1. The first kappa shape index (κ1) is 9.99. The van der Waals surface area contributed by atoms with Crippen LogP contribution in [0.4, 0.5) is 5.69 Å². The molecule has 0 amide bonds. The molecule has 0 bridgehead atoms. The molecule has 0 atom stereocenters. The van der Waals surface area contributed by atoms with Crippen molar-refractivity contribution in [3.05, 3.63) is 36.8 Å². The van der Waals surface area contributed by atoms with Gasteiger partial charge in [-0.1, -0.05) is 12.1 Å². The standard InChI is InChI=1S/C10H12N2S/c1-8-5-4-6-9(7-8)12(3)10(13)11-2/h1,4-7H,2-3H3,(H,11,13). The van der Waals surface area contributed by atoms with Crippen LogP contribution >= 0.6 is 12.2 Å². The van der Waals surface area contributed by atoms with Gasteiger partial charge in [0.05, 0.1) is 0 Å². The summed E-state index contributed by atoms with van der Waals surface area (Å²) in [6.45, 7) is 5.65. The Hall–Kier alpha value is -1.09. The van der Waals surface area contributed by atoms with Crippen molar-refractivity contribution in [2.24, 2.45) is 0 Å². The van der Waals surface area contributed by atoms with Crippen molar-refractivity contribution in [1.29, 1.82) is 0 Å². The van der Waals surface area contributed by atoms with Gasteiger partial charge in [-0.05, 0) is 36.8 Å². The minimum absolute atomic E-state index is 0.672. The Morgan fingerprint density at radius 2 is 2.23 bits per heavy atom. The molecule has 3 heteroatoms. The lowest BCUT2D eigenvalue weighted by Gasteiger charge is -2.19. The fraction of sp³-hybridized carbons (Fsp3) is 0.200. The number of benzene rings is 1. The largest absolute Gasteiger partial charge is 0.365 e. The number of rotatable bonds is 1. The second kappa shape index (κ2) is 4.23. The summed E-state index contributed by atoms with van der Waals surface area (Å²) in [5.41, 5.74) is 1.72. The molecule has 0 aliphatic rings. The van der Waals surface area contributed by atoms with Gasteiger partial charge in [0.25, 0.3) is 0 Å². The Balaban J connectivity index is 2.88. The van der Waals surface area contributed by atoms with E-state index in [1.165, 1.54) is 0 Å². The van der Waals surface area contributed by atoms with Crippen molar-refractivity contribution in [3.8, 4) is 0 Å². The number of hydrogen-bond donors (Lipinski definition) is 1. The molecule has 0 heterocycles. The lowest BCUT2D eigenvalue weighted by molar-refractivity contribution is 1.12. The average Bonchev–Trinajstić information content (AvgIpc) is 2.15. The zero-order chi connectivity index (χ0) is 9.84. The van der Waals surface area contributed by atoms with E-state index in [2.05, 4.69) is 5.32 Å². The second-order valence-electron chi connectivity index (χ2n) is 2.71. The maximum Gasteiger partial charge on any atom is 0.172 e.